The van der Waals surface area contributed by atoms with Crippen molar-refractivity contribution in [3.63, 3.8) is 0 Å². The van der Waals surface area contributed by atoms with Gasteiger partial charge in [0.2, 0.25) is 0 Å². The van der Waals surface area contributed by atoms with Crippen molar-refractivity contribution in [3.8, 4) is 5.75 Å². The maximum absolute atomic E-state index is 11.4. The van der Waals surface area contributed by atoms with Crippen LogP contribution < -0.4 is 0 Å². The molecule has 3 N–H and O–H groups in total. The van der Waals surface area contributed by atoms with Crippen LogP contribution in [0.5, 0.6) is 5.75 Å². The Hall–Kier alpha value is -1.55. The van der Waals surface area contributed by atoms with E-state index < -0.39 is 5.97 Å². The summed E-state index contributed by atoms with van der Waals surface area (Å²) in [5.74, 6) is -1.13. The van der Waals surface area contributed by atoms with Crippen molar-refractivity contribution < 1.29 is 20.1 Å². The molecule has 0 aliphatic heterocycles. The number of phenols is 1. The molecule has 1 unspecified atom stereocenters. The minimum Gasteiger partial charge on any atom is -0.507 e. The highest BCUT2D eigenvalue weighted by molar-refractivity contribution is 5.91. The topological polar surface area (TPSA) is 77.8 Å². The molecule has 0 aliphatic rings. The maximum atomic E-state index is 11.4. The highest BCUT2D eigenvalue weighted by Crippen LogP contribution is 2.29. The number of carbonyl (C=O) groups is 1. The molecule has 0 aliphatic carbocycles. The van der Waals surface area contributed by atoms with Crippen molar-refractivity contribution in [2.45, 2.75) is 116 Å². The second-order valence-corrected chi connectivity index (χ2v) is 8.32. The molecule has 1 aromatic rings. The van der Waals surface area contributed by atoms with Crippen LogP contribution in [0.2, 0.25) is 0 Å². The fraction of sp³-hybridized carbons (Fsp3) is 0.720. The SMILES string of the molecule is CCCCCCCCCCc1c(CCCCC(O)CCC)ccc(C(=O)O)c1O. The van der Waals surface area contributed by atoms with Gasteiger partial charge in [-0.2, -0.15) is 0 Å². The number of carboxylic acids is 1. The van der Waals surface area contributed by atoms with E-state index in [1.54, 1.807) is 0 Å². The van der Waals surface area contributed by atoms with Gasteiger partial charge in [0, 0.05) is 0 Å². The molecule has 0 aromatic heterocycles. The summed E-state index contributed by atoms with van der Waals surface area (Å²) in [4.78, 5) is 11.4. The van der Waals surface area contributed by atoms with Crippen LogP contribution in [-0.4, -0.2) is 27.4 Å². The molecule has 4 nitrogen and oxygen atoms in total. The minimum absolute atomic E-state index is 0.00156. The van der Waals surface area contributed by atoms with Crippen molar-refractivity contribution >= 4 is 5.97 Å². The zero-order valence-electron chi connectivity index (χ0n) is 18.6. The summed E-state index contributed by atoms with van der Waals surface area (Å²) in [5.41, 5.74) is 1.87. The number of aryl methyl sites for hydroxylation is 1. The van der Waals surface area contributed by atoms with Gasteiger partial charge in [0.1, 0.15) is 11.3 Å². The average Bonchev–Trinajstić information content (AvgIpc) is 2.68. The third kappa shape index (κ3) is 10.2. The molecule has 0 heterocycles. The Morgan fingerprint density at radius 3 is 2.07 bits per heavy atom. The smallest absolute Gasteiger partial charge is 0.339 e. The van der Waals surface area contributed by atoms with Crippen molar-refractivity contribution in [1.29, 1.82) is 0 Å². The zero-order valence-corrected chi connectivity index (χ0v) is 18.6. The summed E-state index contributed by atoms with van der Waals surface area (Å²) in [6, 6.07) is 3.39. The van der Waals surface area contributed by atoms with Gasteiger partial charge >= 0.3 is 5.97 Å². The van der Waals surface area contributed by atoms with Crippen molar-refractivity contribution in [2.24, 2.45) is 0 Å². The van der Waals surface area contributed by atoms with Gasteiger partial charge in [-0.15, -0.1) is 0 Å². The van der Waals surface area contributed by atoms with E-state index >= 15 is 0 Å². The Kier molecular flexibility index (Phi) is 13.5. The largest absolute Gasteiger partial charge is 0.507 e. The molecule has 0 radical (unpaired) electrons. The summed E-state index contributed by atoms with van der Waals surface area (Å²) in [6.45, 7) is 4.30. The van der Waals surface area contributed by atoms with Gasteiger partial charge in [0.25, 0.3) is 0 Å². The second-order valence-electron chi connectivity index (χ2n) is 8.32. The van der Waals surface area contributed by atoms with Crippen molar-refractivity contribution in [1.82, 2.24) is 0 Å². The van der Waals surface area contributed by atoms with Gasteiger partial charge in [-0.05, 0) is 55.7 Å². The van der Waals surface area contributed by atoms with Crippen LogP contribution in [0.4, 0.5) is 0 Å². The van der Waals surface area contributed by atoms with Crippen LogP contribution >= 0.6 is 0 Å². The molecule has 1 rings (SSSR count). The quantitative estimate of drug-likeness (QED) is 0.253. The van der Waals surface area contributed by atoms with Gasteiger partial charge in [-0.3, -0.25) is 0 Å². The zero-order chi connectivity index (χ0) is 21.5. The van der Waals surface area contributed by atoms with E-state index in [2.05, 4.69) is 13.8 Å². The molecule has 0 saturated carbocycles. The number of hydrogen-bond donors (Lipinski definition) is 3. The number of carboxylic acid groups (broad SMARTS) is 1. The van der Waals surface area contributed by atoms with Crippen LogP contribution in [0.1, 0.15) is 119 Å². The lowest BCUT2D eigenvalue weighted by Gasteiger charge is -2.14. The normalized spacial score (nSPS) is 12.2. The number of benzene rings is 1. The van der Waals surface area contributed by atoms with E-state index in [0.29, 0.717) is 0 Å². The van der Waals surface area contributed by atoms with Gasteiger partial charge in [-0.1, -0.05) is 77.7 Å². The van der Waals surface area contributed by atoms with Gasteiger partial charge in [0.15, 0.2) is 0 Å². The molecule has 0 saturated heterocycles. The monoisotopic (exact) mass is 406 g/mol. The summed E-state index contributed by atoms with van der Waals surface area (Å²) in [7, 11) is 0. The molecule has 0 amide bonds. The molecule has 0 fully saturated rings. The fourth-order valence-electron chi connectivity index (χ4n) is 3.97. The summed E-state index contributed by atoms with van der Waals surface area (Å²) in [5, 5.41) is 29.7. The number of unbranched alkanes of at least 4 members (excludes halogenated alkanes) is 8. The standard InChI is InChI=1S/C25H42O4/c1-3-5-6-7-8-9-10-11-17-22-20(15-12-13-16-21(26)14-4-2)18-19-23(24(22)27)25(28)29/h18-19,21,26-27H,3-17H2,1-2H3,(H,28,29). The lowest BCUT2D eigenvalue weighted by atomic mass is 9.93. The highest BCUT2D eigenvalue weighted by Gasteiger charge is 2.17. The van der Waals surface area contributed by atoms with E-state index in [1.807, 2.05) is 6.07 Å². The van der Waals surface area contributed by atoms with Gasteiger partial charge in [0.05, 0.1) is 6.10 Å². The van der Waals surface area contributed by atoms with Crippen molar-refractivity contribution in [2.75, 3.05) is 0 Å². The second kappa shape index (κ2) is 15.3. The Labute approximate surface area is 177 Å². The Morgan fingerprint density at radius 2 is 1.45 bits per heavy atom. The molecule has 166 valence electrons. The first-order chi connectivity index (χ1) is 14.0. The minimum atomic E-state index is -1.08. The van der Waals surface area contributed by atoms with E-state index in [1.165, 1.54) is 44.6 Å². The predicted octanol–water partition coefficient (Wildman–Crippen LogP) is 6.65. The van der Waals surface area contributed by atoms with Crippen LogP contribution in [0, 0.1) is 0 Å². The molecule has 4 heteroatoms. The summed E-state index contributed by atoms with van der Waals surface area (Å²) < 4.78 is 0. The lowest BCUT2D eigenvalue weighted by molar-refractivity contribution is 0.0693. The van der Waals surface area contributed by atoms with E-state index in [-0.39, 0.29) is 17.4 Å². The number of hydrogen-bond acceptors (Lipinski definition) is 3. The van der Waals surface area contributed by atoms with E-state index in [0.717, 1.165) is 68.9 Å². The number of aromatic carboxylic acids is 1. The first-order valence-corrected chi connectivity index (χ1v) is 11.8. The van der Waals surface area contributed by atoms with Crippen LogP contribution in [0.25, 0.3) is 0 Å². The highest BCUT2D eigenvalue weighted by atomic mass is 16.4. The number of aliphatic hydroxyl groups is 1. The first kappa shape index (κ1) is 25.5. The molecule has 0 bridgehead atoms. The van der Waals surface area contributed by atoms with Crippen LogP contribution in [0.15, 0.2) is 12.1 Å². The Bertz CT molecular complexity index is 582. The predicted molar refractivity (Wildman–Crippen MR) is 120 cm³/mol. The van der Waals surface area contributed by atoms with Crippen LogP contribution in [0.3, 0.4) is 0 Å². The molecule has 0 spiro atoms. The van der Waals surface area contributed by atoms with Gasteiger partial charge in [-0.25, -0.2) is 4.79 Å². The molecule has 1 atom stereocenters. The first-order valence-electron chi connectivity index (χ1n) is 11.8. The van der Waals surface area contributed by atoms with Crippen molar-refractivity contribution in [3.05, 3.63) is 28.8 Å². The molecular weight excluding hydrogens is 364 g/mol. The van der Waals surface area contributed by atoms with Gasteiger partial charge < -0.3 is 15.3 Å². The third-order valence-corrected chi connectivity index (χ3v) is 5.75. The van der Waals surface area contributed by atoms with Crippen LogP contribution in [-0.2, 0) is 12.8 Å². The number of aliphatic hydroxyl groups excluding tert-OH is 1. The Morgan fingerprint density at radius 1 is 0.828 bits per heavy atom. The van der Waals surface area contributed by atoms with E-state index in [9.17, 15) is 20.1 Å². The molecule has 1 aromatic carbocycles. The molecule has 29 heavy (non-hydrogen) atoms. The Balaban J connectivity index is 2.57. The molecular formula is C25H42O4. The van der Waals surface area contributed by atoms with E-state index in [4.69, 9.17) is 0 Å². The lowest BCUT2D eigenvalue weighted by Crippen LogP contribution is -2.06. The number of rotatable bonds is 17. The maximum Gasteiger partial charge on any atom is 0.339 e. The summed E-state index contributed by atoms with van der Waals surface area (Å²) in [6.07, 6.45) is 15.6. The average molecular weight is 407 g/mol. The summed E-state index contributed by atoms with van der Waals surface area (Å²) >= 11 is 0. The fourth-order valence-corrected chi connectivity index (χ4v) is 3.97. The third-order valence-electron chi connectivity index (χ3n) is 5.75. The number of aromatic hydroxyl groups is 1.